The van der Waals surface area contributed by atoms with Gasteiger partial charge in [-0.3, -0.25) is 10.1 Å². The molecule has 0 radical (unpaired) electrons. The summed E-state index contributed by atoms with van der Waals surface area (Å²) in [6.07, 6.45) is 0. The lowest BCUT2D eigenvalue weighted by atomic mass is 10.1. The second-order valence-electron chi connectivity index (χ2n) is 6.04. The van der Waals surface area contributed by atoms with Gasteiger partial charge in [0.25, 0.3) is 0 Å². The number of ether oxygens (including phenoxy) is 1. The van der Waals surface area contributed by atoms with Crippen molar-refractivity contribution >= 4 is 11.9 Å². The molecule has 0 aliphatic carbocycles. The minimum Gasteiger partial charge on any atom is -0.463 e. The molecule has 0 aliphatic heterocycles. The van der Waals surface area contributed by atoms with E-state index in [2.05, 4.69) is 15.4 Å². The van der Waals surface area contributed by atoms with Crippen LogP contribution in [0.3, 0.4) is 0 Å². The van der Waals surface area contributed by atoms with Crippen LogP contribution in [0.25, 0.3) is 0 Å². The van der Waals surface area contributed by atoms with Gasteiger partial charge in [0.1, 0.15) is 5.76 Å². The van der Waals surface area contributed by atoms with Crippen molar-refractivity contribution in [3.8, 4) is 0 Å². The Labute approximate surface area is 125 Å². The molecule has 21 heavy (non-hydrogen) atoms. The standard InChI is InChI=1S/C15H24N2O4/c1-9(11-7-8-12(21-11)14(19)20-6)16-10(2)13(18)17-15(3,4)5/h7-10,16H,1-6H3,(H,17,18). The third-order valence-electron chi connectivity index (χ3n) is 2.83. The van der Waals surface area contributed by atoms with Crippen LogP contribution >= 0.6 is 0 Å². The Kier molecular flexibility index (Phi) is 5.54. The molecule has 6 nitrogen and oxygen atoms in total. The Morgan fingerprint density at radius 1 is 1.24 bits per heavy atom. The molecule has 0 fully saturated rings. The number of carbonyl (C=O) groups excluding carboxylic acids is 2. The molecule has 0 spiro atoms. The van der Waals surface area contributed by atoms with Gasteiger partial charge in [-0.15, -0.1) is 0 Å². The number of rotatable bonds is 5. The van der Waals surface area contributed by atoms with Crippen molar-refractivity contribution in [1.29, 1.82) is 0 Å². The van der Waals surface area contributed by atoms with Crippen molar-refractivity contribution in [3.05, 3.63) is 23.7 Å². The summed E-state index contributed by atoms with van der Waals surface area (Å²) in [5, 5.41) is 6.03. The van der Waals surface area contributed by atoms with Gasteiger partial charge in [0, 0.05) is 5.54 Å². The molecule has 2 atom stereocenters. The zero-order chi connectivity index (χ0) is 16.2. The molecule has 6 heteroatoms. The van der Waals surface area contributed by atoms with Crippen LogP contribution in [-0.4, -0.2) is 30.6 Å². The SMILES string of the molecule is COC(=O)c1ccc(C(C)NC(C)C(=O)NC(C)(C)C)o1. The van der Waals surface area contributed by atoms with Crippen LogP contribution in [0.2, 0.25) is 0 Å². The lowest BCUT2D eigenvalue weighted by Gasteiger charge is -2.25. The van der Waals surface area contributed by atoms with Gasteiger partial charge in [-0.05, 0) is 46.8 Å². The first kappa shape index (κ1) is 17.2. The molecule has 118 valence electrons. The van der Waals surface area contributed by atoms with E-state index in [1.807, 2.05) is 27.7 Å². The molecule has 2 N–H and O–H groups in total. The first-order valence-electron chi connectivity index (χ1n) is 6.90. The van der Waals surface area contributed by atoms with Crippen molar-refractivity contribution in [1.82, 2.24) is 10.6 Å². The largest absolute Gasteiger partial charge is 0.463 e. The number of carbonyl (C=O) groups is 2. The summed E-state index contributed by atoms with van der Waals surface area (Å²) in [7, 11) is 1.30. The molecule has 0 aromatic carbocycles. The van der Waals surface area contributed by atoms with Gasteiger partial charge in [0.05, 0.1) is 19.2 Å². The first-order chi connectivity index (χ1) is 9.64. The molecule has 1 rings (SSSR count). The predicted molar refractivity (Wildman–Crippen MR) is 79.0 cm³/mol. The Morgan fingerprint density at radius 3 is 2.38 bits per heavy atom. The van der Waals surface area contributed by atoms with Gasteiger partial charge in [0.2, 0.25) is 11.7 Å². The lowest BCUT2D eigenvalue weighted by Crippen LogP contribution is -2.49. The quantitative estimate of drug-likeness (QED) is 0.813. The van der Waals surface area contributed by atoms with Crippen LogP contribution < -0.4 is 10.6 Å². The Balaban J connectivity index is 2.64. The zero-order valence-electron chi connectivity index (χ0n) is 13.4. The van der Waals surface area contributed by atoms with Crippen LogP contribution in [0, 0.1) is 0 Å². The van der Waals surface area contributed by atoms with Crippen LogP contribution in [0.4, 0.5) is 0 Å². The maximum absolute atomic E-state index is 12.0. The maximum atomic E-state index is 12.0. The Hall–Kier alpha value is -1.82. The zero-order valence-corrected chi connectivity index (χ0v) is 13.4. The number of nitrogens with one attached hydrogen (secondary N) is 2. The van der Waals surface area contributed by atoms with Crippen LogP contribution in [0.15, 0.2) is 16.5 Å². The Morgan fingerprint density at radius 2 is 1.86 bits per heavy atom. The number of amides is 1. The van der Waals surface area contributed by atoms with E-state index in [1.165, 1.54) is 7.11 Å². The topological polar surface area (TPSA) is 80.6 Å². The molecule has 1 aromatic rings. The summed E-state index contributed by atoms with van der Waals surface area (Å²) < 4.78 is 10.00. The third kappa shape index (κ3) is 5.23. The number of methoxy groups -OCH3 is 1. The average Bonchev–Trinajstić information content (AvgIpc) is 2.85. The van der Waals surface area contributed by atoms with E-state index in [0.717, 1.165) is 0 Å². The molecule has 0 saturated heterocycles. The molecule has 1 amide bonds. The van der Waals surface area contributed by atoms with Crippen LogP contribution in [0.1, 0.15) is 57.0 Å². The normalized spacial score (nSPS) is 14.4. The van der Waals surface area contributed by atoms with E-state index in [4.69, 9.17) is 4.42 Å². The monoisotopic (exact) mass is 296 g/mol. The van der Waals surface area contributed by atoms with Gasteiger partial charge in [-0.2, -0.15) is 0 Å². The maximum Gasteiger partial charge on any atom is 0.373 e. The second kappa shape index (κ2) is 6.76. The number of esters is 1. The number of hydrogen-bond acceptors (Lipinski definition) is 5. The van der Waals surface area contributed by atoms with Crippen LogP contribution in [0.5, 0.6) is 0 Å². The highest BCUT2D eigenvalue weighted by Crippen LogP contribution is 2.17. The van der Waals surface area contributed by atoms with Gasteiger partial charge in [0.15, 0.2) is 0 Å². The fourth-order valence-corrected chi connectivity index (χ4v) is 1.81. The molecule has 0 aliphatic rings. The van der Waals surface area contributed by atoms with E-state index >= 15 is 0 Å². The highest BCUT2D eigenvalue weighted by Gasteiger charge is 2.22. The van der Waals surface area contributed by atoms with Crippen molar-refractivity contribution in [2.45, 2.75) is 52.2 Å². The molecular weight excluding hydrogens is 272 g/mol. The van der Waals surface area contributed by atoms with E-state index in [0.29, 0.717) is 5.76 Å². The van der Waals surface area contributed by atoms with Crippen molar-refractivity contribution in [3.63, 3.8) is 0 Å². The molecule has 2 unspecified atom stereocenters. The molecule has 0 saturated carbocycles. The van der Waals surface area contributed by atoms with Gasteiger partial charge in [-0.25, -0.2) is 4.79 Å². The summed E-state index contributed by atoms with van der Waals surface area (Å²) in [6, 6.07) is 2.66. The number of hydrogen-bond donors (Lipinski definition) is 2. The van der Waals surface area contributed by atoms with Crippen molar-refractivity contribution < 1.29 is 18.7 Å². The minimum atomic E-state index is -0.521. The van der Waals surface area contributed by atoms with Gasteiger partial charge < -0.3 is 14.5 Å². The summed E-state index contributed by atoms with van der Waals surface area (Å²) in [5.74, 6) is 0.111. The van der Waals surface area contributed by atoms with E-state index < -0.39 is 5.97 Å². The van der Waals surface area contributed by atoms with E-state index in [1.54, 1.807) is 19.1 Å². The highest BCUT2D eigenvalue weighted by molar-refractivity contribution is 5.86. The van der Waals surface area contributed by atoms with E-state index in [9.17, 15) is 9.59 Å². The van der Waals surface area contributed by atoms with E-state index in [-0.39, 0.29) is 29.3 Å². The smallest absolute Gasteiger partial charge is 0.373 e. The van der Waals surface area contributed by atoms with Crippen molar-refractivity contribution in [2.75, 3.05) is 7.11 Å². The van der Waals surface area contributed by atoms with Gasteiger partial charge in [-0.1, -0.05) is 0 Å². The summed E-state index contributed by atoms with van der Waals surface area (Å²) in [5.41, 5.74) is -0.279. The summed E-state index contributed by atoms with van der Waals surface area (Å²) in [4.78, 5) is 23.3. The molecule has 0 bridgehead atoms. The Bertz CT molecular complexity index is 502. The third-order valence-corrected chi connectivity index (χ3v) is 2.83. The summed E-state index contributed by atoms with van der Waals surface area (Å²) in [6.45, 7) is 9.42. The molecule has 1 aromatic heterocycles. The fraction of sp³-hybridized carbons (Fsp3) is 0.600. The summed E-state index contributed by atoms with van der Waals surface area (Å²) >= 11 is 0. The van der Waals surface area contributed by atoms with Gasteiger partial charge >= 0.3 is 5.97 Å². The predicted octanol–water partition coefficient (Wildman–Crippen LogP) is 2.02. The second-order valence-corrected chi connectivity index (χ2v) is 6.04. The molecule has 1 heterocycles. The van der Waals surface area contributed by atoms with Crippen molar-refractivity contribution in [2.24, 2.45) is 0 Å². The fourth-order valence-electron chi connectivity index (χ4n) is 1.81. The minimum absolute atomic E-state index is 0.0888. The lowest BCUT2D eigenvalue weighted by molar-refractivity contribution is -0.124. The molecular formula is C15H24N2O4. The van der Waals surface area contributed by atoms with Crippen LogP contribution in [-0.2, 0) is 9.53 Å². The highest BCUT2D eigenvalue weighted by atomic mass is 16.5. The number of furan rings is 1. The average molecular weight is 296 g/mol. The first-order valence-corrected chi connectivity index (χ1v) is 6.90.